The average molecular weight is 447 g/mol. The Balaban J connectivity index is 1.78. The second-order valence-corrected chi connectivity index (χ2v) is 7.23. The van der Waals surface area contributed by atoms with E-state index in [0.29, 0.717) is 28.4 Å². The summed E-state index contributed by atoms with van der Waals surface area (Å²) in [4.78, 5) is 24.2. The van der Waals surface area contributed by atoms with E-state index >= 15 is 0 Å². The zero-order valence-electron chi connectivity index (χ0n) is 15.7. The van der Waals surface area contributed by atoms with Gasteiger partial charge in [-0.2, -0.15) is 0 Å². The maximum atomic E-state index is 12.6. The maximum Gasteiger partial charge on any atom is 0.344 e. The fourth-order valence-corrected chi connectivity index (χ4v) is 3.03. The van der Waals surface area contributed by atoms with Gasteiger partial charge in [0.1, 0.15) is 17.2 Å². The molecule has 0 amide bonds. The lowest BCUT2D eigenvalue weighted by Gasteiger charge is -2.09. The van der Waals surface area contributed by atoms with Crippen molar-refractivity contribution in [1.82, 2.24) is 0 Å². The number of ether oxygens (including phenoxy) is 4. The molecule has 7 heteroatoms. The van der Waals surface area contributed by atoms with Crippen LogP contribution in [0.3, 0.4) is 0 Å². The van der Waals surface area contributed by atoms with Crippen LogP contribution in [-0.4, -0.2) is 31.6 Å². The Morgan fingerprint density at radius 1 is 1.21 bits per heavy atom. The molecule has 3 rings (SSSR count). The molecule has 0 atom stereocenters. The van der Waals surface area contributed by atoms with E-state index in [-0.39, 0.29) is 24.3 Å². The molecule has 0 N–H and O–H groups in total. The molecule has 0 spiro atoms. The summed E-state index contributed by atoms with van der Waals surface area (Å²) in [7, 11) is 1.56. The second-order valence-electron chi connectivity index (χ2n) is 6.31. The van der Waals surface area contributed by atoms with E-state index in [1.54, 1.807) is 51.3 Å². The van der Waals surface area contributed by atoms with Crippen molar-refractivity contribution in [3.8, 4) is 17.2 Å². The predicted molar refractivity (Wildman–Crippen MR) is 107 cm³/mol. The number of carbonyl (C=O) groups is 2. The summed E-state index contributed by atoms with van der Waals surface area (Å²) in [6.07, 6.45) is 1.42. The molecule has 0 saturated heterocycles. The van der Waals surface area contributed by atoms with Gasteiger partial charge in [0.25, 0.3) is 0 Å². The van der Waals surface area contributed by atoms with Gasteiger partial charge in [0.2, 0.25) is 5.78 Å². The number of carbonyl (C=O) groups excluding carboxylic acids is 2. The number of halogens is 1. The molecule has 0 aromatic heterocycles. The summed E-state index contributed by atoms with van der Waals surface area (Å²) in [5, 5.41) is 0. The van der Waals surface area contributed by atoms with Crippen molar-refractivity contribution in [1.29, 1.82) is 0 Å². The SMILES string of the molecule is COc1ccc(Br)cc1/C=C1\Oc2cc(OCC(=O)OC(C)C)ccc2C1=O. The van der Waals surface area contributed by atoms with Crippen LogP contribution in [0.2, 0.25) is 0 Å². The molecule has 0 radical (unpaired) electrons. The summed E-state index contributed by atoms with van der Waals surface area (Å²) in [6.45, 7) is 3.31. The van der Waals surface area contributed by atoms with Crippen LogP contribution in [-0.2, 0) is 9.53 Å². The summed E-state index contributed by atoms with van der Waals surface area (Å²) in [6, 6.07) is 10.3. The van der Waals surface area contributed by atoms with Crippen LogP contribution in [0.1, 0.15) is 29.8 Å². The van der Waals surface area contributed by atoms with Crippen molar-refractivity contribution in [2.24, 2.45) is 0 Å². The van der Waals surface area contributed by atoms with Crippen molar-refractivity contribution < 1.29 is 28.5 Å². The molecule has 6 nitrogen and oxygen atoms in total. The van der Waals surface area contributed by atoms with Gasteiger partial charge in [0.15, 0.2) is 12.4 Å². The second kappa shape index (κ2) is 8.48. The fourth-order valence-electron chi connectivity index (χ4n) is 2.66. The molecule has 0 fully saturated rings. The molecule has 0 saturated carbocycles. The van der Waals surface area contributed by atoms with Crippen LogP contribution >= 0.6 is 15.9 Å². The topological polar surface area (TPSA) is 71.1 Å². The van der Waals surface area contributed by atoms with Gasteiger partial charge in [0.05, 0.1) is 18.8 Å². The van der Waals surface area contributed by atoms with Crippen molar-refractivity contribution in [3.05, 3.63) is 57.8 Å². The van der Waals surface area contributed by atoms with Gasteiger partial charge < -0.3 is 18.9 Å². The zero-order valence-corrected chi connectivity index (χ0v) is 17.2. The third-order valence-electron chi connectivity index (χ3n) is 3.84. The number of Topliss-reactive ketones (excluding diaryl/α,β-unsaturated/α-hetero) is 1. The van der Waals surface area contributed by atoms with Gasteiger partial charge in [-0.3, -0.25) is 4.79 Å². The quantitative estimate of drug-likeness (QED) is 0.483. The Kier molecular flexibility index (Phi) is 6.04. The minimum atomic E-state index is -0.463. The van der Waals surface area contributed by atoms with Gasteiger partial charge in [-0.25, -0.2) is 4.79 Å². The maximum absolute atomic E-state index is 12.6. The van der Waals surface area contributed by atoms with Gasteiger partial charge in [-0.15, -0.1) is 0 Å². The molecule has 0 unspecified atom stereocenters. The number of hydrogen-bond acceptors (Lipinski definition) is 6. The van der Waals surface area contributed by atoms with Crippen LogP contribution < -0.4 is 14.2 Å². The number of ketones is 1. The smallest absolute Gasteiger partial charge is 0.344 e. The first-order valence-corrected chi connectivity index (χ1v) is 9.41. The Morgan fingerprint density at radius 3 is 2.71 bits per heavy atom. The summed E-state index contributed by atoms with van der Waals surface area (Å²) < 4.78 is 22.3. The van der Waals surface area contributed by atoms with Crippen LogP contribution in [0.4, 0.5) is 0 Å². The molecular formula is C21H19BrO6. The number of methoxy groups -OCH3 is 1. The lowest BCUT2D eigenvalue weighted by molar-refractivity contribution is -0.149. The van der Waals surface area contributed by atoms with Gasteiger partial charge in [0, 0.05) is 16.1 Å². The van der Waals surface area contributed by atoms with E-state index in [4.69, 9.17) is 18.9 Å². The lowest BCUT2D eigenvalue weighted by Crippen LogP contribution is -2.18. The third kappa shape index (κ3) is 4.54. The van der Waals surface area contributed by atoms with Crippen LogP contribution in [0, 0.1) is 0 Å². The Bertz CT molecular complexity index is 948. The van der Waals surface area contributed by atoms with E-state index in [1.165, 1.54) is 0 Å². The molecule has 146 valence electrons. The lowest BCUT2D eigenvalue weighted by atomic mass is 10.1. The summed E-state index contributed by atoms with van der Waals surface area (Å²) in [5.74, 6) is 0.893. The van der Waals surface area contributed by atoms with Crippen molar-refractivity contribution >= 4 is 33.8 Å². The van der Waals surface area contributed by atoms with Crippen molar-refractivity contribution in [3.63, 3.8) is 0 Å². The van der Waals surface area contributed by atoms with Gasteiger partial charge in [-0.1, -0.05) is 15.9 Å². The fraction of sp³-hybridized carbons (Fsp3) is 0.238. The highest BCUT2D eigenvalue weighted by Gasteiger charge is 2.28. The molecule has 0 aliphatic carbocycles. The van der Waals surface area contributed by atoms with Gasteiger partial charge in [-0.05, 0) is 50.3 Å². The number of benzene rings is 2. The Labute approximate surface area is 171 Å². The monoisotopic (exact) mass is 446 g/mol. The van der Waals surface area contributed by atoms with E-state index in [0.717, 1.165) is 4.47 Å². The Morgan fingerprint density at radius 2 is 2.00 bits per heavy atom. The van der Waals surface area contributed by atoms with Crippen LogP contribution in [0.25, 0.3) is 6.08 Å². The first kappa shape index (κ1) is 19.9. The summed E-state index contributed by atoms with van der Waals surface area (Å²) in [5.41, 5.74) is 1.14. The highest BCUT2D eigenvalue weighted by molar-refractivity contribution is 9.10. The molecule has 1 aliphatic heterocycles. The first-order valence-electron chi connectivity index (χ1n) is 8.61. The minimum absolute atomic E-state index is 0.183. The molecular weight excluding hydrogens is 428 g/mol. The van der Waals surface area contributed by atoms with E-state index in [2.05, 4.69) is 15.9 Å². The zero-order chi connectivity index (χ0) is 20.3. The van der Waals surface area contributed by atoms with Crippen molar-refractivity contribution in [2.75, 3.05) is 13.7 Å². The molecule has 2 aromatic rings. The molecule has 1 heterocycles. The first-order chi connectivity index (χ1) is 13.4. The van der Waals surface area contributed by atoms with E-state index in [1.807, 2.05) is 12.1 Å². The van der Waals surface area contributed by atoms with E-state index < -0.39 is 5.97 Å². The number of hydrogen-bond donors (Lipinski definition) is 0. The van der Waals surface area contributed by atoms with E-state index in [9.17, 15) is 9.59 Å². The van der Waals surface area contributed by atoms with Crippen LogP contribution in [0.5, 0.6) is 17.2 Å². The Hall–Kier alpha value is -2.80. The summed E-state index contributed by atoms with van der Waals surface area (Å²) >= 11 is 3.41. The predicted octanol–water partition coefficient (Wildman–Crippen LogP) is 4.40. The number of esters is 1. The number of rotatable bonds is 6. The number of allylic oxidation sites excluding steroid dienone is 1. The molecule has 2 aromatic carbocycles. The standard InChI is InChI=1S/C21H19BrO6/c1-12(2)27-20(23)11-26-15-5-6-16-18(10-15)28-19(21(16)24)9-13-8-14(22)4-7-17(13)25-3/h4-10,12H,11H2,1-3H3/b19-9-. The van der Waals surface area contributed by atoms with Crippen molar-refractivity contribution in [2.45, 2.75) is 20.0 Å². The largest absolute Gasteiger partial charge is 0.496 e. The van der Waals surface area contributed by atoms with Crippen LogP contribution in [0.15, 0.2) is 46.6 Å². The molecule has 28 heavy (non-hydrogen) atoms. The normalized spacial score (nSPS) is 14.0. The average Bonchev–Trinajstić information content (AvgIpc) is 2.95. The highest BCUT2D eigenvalue weighted by Crippen LogP contribution is 2.36. The number of fused-ring (bicyclic) bond motifs is 1. The third-order valence-corrected chi connectivity index (χ3v) is 4.34. The molecule has 1 aliphatic rings. The highest BCUT2D eigenvalue weighted by atomic mass is 79.9. The van der Waals surface area contributed by atoms with Gasteiger partial charge >= 0.3 is 5.97 Å². The minimum Gasteiger partial charge on any atom is -0.496 e. The molecule has 0 bridgehead atoms.